The van der Waals surface area contributed by atoms with Gasteiger partial charge in [0.25, 0.3) is 0 Å². The Bertz CT molecular complexity index is 530. The molecule has 52 heavy (non-hydrogen) atoms. The Morgan fingerprint density at radius 3 is 0.635 bits per heavy atom. The number of hydrogen-bond donors (Lipinski definition) is 9. The van der Waals surface area contributed by atoms with Gasteiger partial charge >= 0.3 is 0 Å². The molecule has 0 fully saturated rings. The van der Waals surface area contributed by atoms with Gasteiger partial charge in [-0.25, -0.2) is 15.2 Å². The van der Waals surface area contributed by atoms with E-state index in [2.05, 4.69) is 6.92 Å². The zero-order chi connectivity index (χ0) is 38.9. The van der Waals surface area contributed by atoms with Crippen molar-refractivity contribution in [3.8, 4) is 0 Å². The van der Waals surface area contributed by atoms with E-state index in [1.165, 1.54) is 20.8 Å². The summed E-state index contributed by atoms with van der Waals surface area (Å²) in [4.78, 5) is 88.3. The zero-order valence-corrected chi connectivity index (χ0v) is 37.6. The second kappa shape index (κ2) is 135. The van der Waals surface area contributed by atoms with Crippen molar-refractivity contribution in [1.82, 2.24) is 52.1 Å². The predicted molar refractivity (Wildman–Crippen MR) is 197 cm³/mol. The average molecular weight is 893 g/mol. The SMILES string of the molecule is C=O.C=O.C=O.C=O.C=O.C=O.CC(C)(C)[C-]=O.CCCN(O)C(C)=O.CCCN(O)C(C)=O.CCCN(O)C(C)=O.N.N.N.N.N.N.[CH2-]C.[Fe].[Y]. The Morgan fingerprint density at radius 1 is 0.519 bits per heavy atom. The van der Waals surface area contributed by atoms with E-state index < -0.39 is 0 Å². The maximum atomic E-state index is 10.2. The van der Waals surface area contributed by atoms with Gasteiger partial charge in [-0.1, -0.05) is 41.5 Å². The number of carbonyl (C=O) groups excluding carboxylic acids is 10. The third-order valence-electron chi connectivity index (χ3n) is 2.70. The Balaban J connectivity index is -0.0000000141. The largest absolute Gasteiger partial charge is 0.541 e. The summed E-state index contributed by atoms with van der Waals surface area (Å²) in [6.07, 6.45) is 4.22. The molecule has 0 aromatic heterocycles. The summed E-state index contributed by atoms with van der Waals surface area (Å²) < 4.78 is 0. The van der Waals surface area contributed by atoms with Crippen LogP contribution in [0.25, 0.3) is 0 Å². The molecule has 24 heteroatoms. The molecule has 3 amide bonds. The molecule has 1 radical (unpaired) electrons. The van der Waals surface area contributed by atoms with E-state index in [9.17, 15) is 19.2 Å². The van der Waals surface area contributed by atoms with E-state index in [0.29, 0.717) is 34.8 Å². The third-order valence-corrected chi connectivity index (χ3v) is 2.70. The van der Waals surface area contributed by atoms with E-state index in [4.69, 9.17) is 44.4 Å². The van der Waals surface area contributed by atoms with E-state index in [0.717, 1.165) is 19.3 Å². The van der Waals surface area contributed by atoms with Crippen LogP contribution in [0.5, 0.6) is 0 Å². The van der Waals surface area contributed by atoms with Crippen LogP contribution in [0.3, 0.4) is 0 Å². The van der Waals surface area contributed by atoms with Crippen LogP contribution in [-0.4, -0.2) is 115 Å². The number of hydroxylamine groups is 6. The monoisotopic (exact) mass is 892 g/mol. The van der Waals surface area contributed by atoms with E-state index in [1.54, 1.807) is 6.92 Å². The summed E-state index contributed by atoms with van der Waals surface area (Å²) in [5.74, 6) is -0.898. The summed E-state index contributed by atoms with van der Waals surface area (Å²) >= 11 is 0. The van der Waals surface area contributed by atoms with E-state index in [-0.39, 0.29) is 110 Å². The first kappa shape index (κ1) is 125. The van der Waals surface area contributed by atoms with Crippen LogP contribution in [0.15, 0.2) is 0 Å². The first-order valence-electron chi connectivity index (χ1n) is 12.3. The van der Waals surface area contributed by atoms with Crippen LogP contribution < -0.4 is 36.9 Å². The maximum absolute atomic E-state index is 10.2. The molecule has 0 saturated carbocycles. The second-order valence-electron chi connectivity index (χ2n) is 7.28. The average Bonchev–Trinajstić information content (AvgIpc) is 3.05. The van der Waals surface area contributed by atoms with Crippen molar-refractivity contribution in [2.24, 2.45) is 5.41 Å². The van der Waals surface area contributed by atoms with Crippen LogP contribution in [0.2, 0.25) is 0 Å². The van der Waals surface area contributed by atoms with Gasteiger partial charge in [-0.2, -0.15) is 6.92 Å². The summed E-state index contributed by atoms with van der Waals surface area (Å²) in [5, 5.41) is 28.0. The fourth-order valence-electron chi connectivity index (χ4n) is 1.11. The summed E-state index contributed by atoms with van der Waals surface area (Å²) in [6, 6.07) is 0. The second-order valence-corrected chi connectivity index (χ2v) is 7.28. The molecule has 0 aliphatic carbocycles. The molecular formula is C28H77FeN9O13Y-2. The maximum Gasteiger partial charge on any atom is 0.242 e. The first-order chi connectivity index (χ1) is 20.6. The Morgan fingerprint density at radius 2 is 0.615 bits per heavy atom. The van der Waals surface area contributed by atoms with Gasteiger partial charge in [-0.05, 0) is 19.3 Å². The van der Waals surface area contributed by atoms with Crippen LogP contribution in [0.1, 0.15) is 88.5 Å². The molecule has 0 spiro atoms. The van der Waals surface area contributed by atoms with Crippen molar-refractivity contribution in [3.63, 3.8) is 0 Å². The number of hydrogen-bond acceptors (Lipinski definition) is 19. The van der Waals surface area contributed by atoms with Gasteiger partial charge in [-0.3, -0.25) is 36.3 Å². The number of rotatable bonds is 6. The molecule has 0 atom stereocenters. The summed E-state index contributed by atoms with van der Waals surface area (Å²) in [6.45, 7) is 33.4. The quantitative estimate of drug-likeness (QED) is 0.0793. The van der Waals surface area contributed by atoms with E-state index in [1.807, 2.05) is 88.6 Å². The van der Waals surface area contributed by atoms with Gasteiger partial charge in [0.15, 0.2) is 0 Å². The Kier molecular flexibility index (Phi) is 325. The normalized spacial score (nSPS) is 5.96. The molecule has 0 heterocycles. The number of carbonyl (C=O) groups is 9. The van der Waals surface area contributed by atoms with E-state index >= 15 is 0 Å². The van der Waals surface area contributed by atoms with Crippen molar-refractivity contribution in [1.29, 1.82) is 0 Å². The molecule has 0 bridgehead atoms. The van der Waals surface area contributed by atoms with Crippen molar-refractivity contribution < 1.29 is 113 Å². The summed E-state index contributed by atoms with van der Waals surface area (Å²) in [7, 11) is 0. The van der Waals surface area contributed by atoms with Crippen LogP contribution in [0.4, 0.5) is 0 Å². The van der Waals surface area contributed by atoms with Crippen LogP contribution in [0, 0.1) is 12.3 Å². The van der Waals surface area contributed by atoms with Crippen LogP contribution >= 0.6 is 0 Å². The summed E-state index contributed by atoms with van der Waals surface area (Å²) in [5.41, 5.74) is -0.264. The van der Waals surface area contributed by atoms with Crippen molar-refractivity contribution in [2.75, 3.05) is 19.6 Å². The van der Waals surface area contributed by atoms with Crippen LogP contribution in [-0.2, 0) is 97.7 Å². The van der Waals surface area contributed by atoms with Gasteiger partial charge in [0, 0.05) is 90.2 Å². The van der Waals surface area contributed by atoms with Crippen molar-refractivity contribution in [2.45, 2.75) is 88.5 Å². The smallest absolute Gasteiger partial charge is 0.242 e. The molecule has 0 unspecified atom stereocenters. The minimum atomic E-state index is -0.299. The molecule has 0 saturated heterocycles. The van der Waals surface area contributed by atoms with Crippen molar-refractivity contribution in [3.05, 3.63) is 6.92 Å². The molecule has 0 aliphatic heterocycles. The fourth-order valence-corrected chi connectivity index (χ4v) is 1.11. The molecular weight excluding hydrogens is 815 g/mol. The van der Waals surface area contributed by atoms with Gasteiger partial charge in [0.1, 0.15) is 40.7 Å². The first-order valence-corrected chi connectivity index (χ1v) is 12.3. The topological polar surface area (TPSA) is 451 Å². The minimum Gasteiger partial charge on any atom is -0.541 e. The molecule has 0 aromatic rings. The van der Waals surface area contributed by atoms with Gasteiger partial charge < -0.3 is 77.4 Å². The minimum absolute atomic E-state index is 0. The van der Waals surface area contributed by atoms with Crippen molar-refractivity contribution >= 4 is 64.7 Å². The number of amides is 3. The molecule has 21 N–H and O–H groups in total. The zero-order valence-electron chi connectivity index (χ0n) is 33.6. The molecule has 0 rings (SSSR count). The molecule has 0 aliphatic rings. The molecule has 325 valence electrons. The third kappa shape index (κ3) is 223. The van der Waals surface area contributed by atoms with Gasteiger partial charge in [-0.15, -0.1) is 5.41 Å². The van der Waals surface area contributed by atoms with Gasteiger partial charge in [0.2, 0.25) is 17.7 Å². The Hall–Kier alpha value is -2.64. The number of nitrogens with zero attached hydrogens (tertiary/aromatic N) is 3. The molecule has 0 aromatic carbocycles. The molecule has 22 nitrogen and oxygen atoms in total. The Labute approximate surface area is 349 Å². The predicted octanol–water partition coefficient (Wildman–Crippen LogP) is 3.74. The fraction of sp³-hybridized carbons (Fsp3) is 0.607. The van der Waals surface area contributed by atoms with Gasteiger partial charge in [0.05, 0.1) is 0 Å². The standard InChI is InChI=1S/3C5H11NO2.C5H9O.C2H5.6CH2O.Fe.6H3N.Y/c3*1-3-4-6(8)5(2)7;1-5(2,3)4-6;7*1-2;;;;;;;;/h3*8H,3-4H2,1-2H3;1-3H3;1H2,2H3;6*1H2;;6*1H3;/q;;;2*-1;;;;;;;;;;;;;;.